The molecular weight excluding hydrogens is 262 g/mol. The van der Waals surface area contributed by atoms with Crippen LogP contribution in [-0.2, 0) is 0 Å². The summed E-state index contributed by atoms with van der Waals surface area (Å²) >= 11 is 6.02. The topological polar surface area (TPSA) is 60.2 Å². The highest BCUT2D eigenvalue weighted by Crippen LogP contribution is 2.29. The summed E-state index contributed by atoms with van der Waals surface area (Å²) in [6.07, 6.45) is 1.77. The zero-order chi connectivity index (χ0) is 13.8. The van der Waals surface area contributed by atoms with E-state index in [1.54, 1.807) is 19.4 Å². The predicted octanol–water partition coefficient (Wildman–Crippen LogP) is 2.60. The Balaban J connectivity index is 2.42. The van der Waals surface area contributed by atoms with Crippen LogP contribution in [0.1, 0.15) is 22.9 Å². The first-order valence-electron chi connectivity index (χ1n) is 5.88. The normalized spacial score (nSPS) is 12.2. The number of aromatic nitrogens is 1. The maximum atomic E-state index is 6.02. The monoisotopic (exact) mass is 277 g/mol. The summed E-state index contributed by atoms with van der Waals surface area (Å²) in [5.41, 5.74) is 5.70. The molecule has 1 aromatic heterocycles. The van der Waals surface area contributed by atoms with Crippen molar-refractivity contribution in [2.45, 2.75) is 13.0 Å². The van der Waals surface area contributed by atoms with Crippen LogP contribution in [0.15, 0.2) is 36.5 Å². The molecule has 0 aliphatic carbocycles. The van der Waals surface area contributed by atoms with Crippen LogP contribution in [0.25, 0.3) is 0 Å². The number of pyridine rings is 1. The molecule has 0 aliphatic rings. The second kappa shape index (κ2) is 6.02. The molecule has 3 N–H and O–H groups in total. The second-order valence-electron chi connectivity index (χ2n) is 4.25. The fraction of sp³-hybridized carbons (Fsp3) is 0.214. The molecule has 19 heavy (non-hydrogen) atoms. The number of benzene rings is 1. The fourth-order valence-corrected chi connectivity index (χ4v) is 2.12. The summed E-state index contributed by atoms with van der Waals surface area (Å²) in [7, 11) is 1.58. The van der Waals surface area contributed by atoms with Gasteiger partial charge in [0.2, 0.25) is 0 Å². The molecule has 0 aliphatic heterocycles. The van der Waals surface area contributed by atoms with Gasteiger partial charge >= 0.3 is 0 Å². The molecule has 2 rings (SSSR count). The molecule has 0 saturated heterocycles. The van der Waals surface area contributed by atoms with E-state index < -0.39 is 0 Å². The molecule has 100 valence electrons. The van der Waals surface area contributed by atoms with Gasteiger partial charge in [-0.3, -0.25) is 10.8 Å². The quantitative estimate of drug-likeness (QED) is 0.666. The van der Waals surface area contributed by atoms with Crippen LogP contribution in [-0.4, -0.2) is 12.1 Å². The maximum Gasteiger partial charge on any atom is 0.137 e. The third-order valence-electron chi connectivity index (χ3n) is 2.91. The van der Waals surface area contributed by atoms with E-state index in [4.69, 9.17) is 22.2 Å². The molecule has 0 spiro atoms. The average Bonchev–Trinajstić information content (AvgIpc) is 2.41. The van der Waals surface area contributed by atoms with Crippen LogP contribution < -0.4 is 16.0 Å². The number of halogens is 1. The average molecular weight is 278 g/mol. The Morgan fingerprint density at radius 2 is 2.11 bits per heavy atom. The summed E-state index contributed by atoms with van der Waals surface area (Å²) in [6.45, 7) is 2.02. The van der Waals surface area contributed by atoms with Gasteiger partial charge in [-0.25, -0.2) is 5.43 Å². The van der Waals surface area contributed by atoms with E-state index in [0.29, 0.717) is 10.8 Å². The number of aryl methyl sites for hydroxylation is 1. The van der Waals surface area contributed by atoms with Crippen LogP contribution >= 0.6 is 11.6 Å². The van der Waals surface area contributed by atoms with E-state index >= 15 is 0 Å². The Labute approximate surface area is 117 Å². The molecule has 4 nitrogen and oxygen atoms in total. The van der Waals surface area contributed by atoms with Gasteiger partial charge in [0.15, 0.2) is 0 Å². The van der Waals surface area contributed by atoms with Gasteiger partial charge in [-0.2, -0.15) is 0 Å². The van der Waals surface area contributed by atoms with Crippen molar-refractivity contribution in [2.75, 3.05) is 7.11 Å². The van der Waals surface area contributed by atoms with Crippen molar-refractivity contribution in [3.63, 3.8) is 0 Å². The van der Waals surface area contributed by atoms with E-state index in [0.717, 1.165) is 16.8 Å². The van der Waals surface area contributed by atoms with Gasteiger partial charge in [-0.05, 0) is 42.3 Å². The first kappa shape index (κ1) is 13.8. The Kier molecular flexibility index (Phi) is 4.37. The van der Waals surface area contributed by atoms with Crippen molar-refractivity contribution in [3.8, 4) is 5.75 Å². The van der Waals surface area contributed by atoms with E-state index in [1.807, 2.05) is 31.2 Å². The van der Waals surface area contributed by atoms with Crippen LogP contribution in [0.5, 0.6) is 5.75 Å². The number of nitrogens with one attached hydrogen (secondary N) is 1. The van der Waals surface area contributed by atoms with Crippen molar-refractivity contribution in [1.82, 2.24) is 10.4 Å². The molecule has 0 saturated carbocycles. The largest absolute Gasteiger partial charge is 0.495 e. The Morgan fingerprint density at radius 1 is 1.32 bits per heavy atom. The first-order chi connectivity index (χ1) is 9.15. The zero-order valence-electron chi connectivity index (χ0n) is 10.9. The molecule has 0 amide bonds. The number of nitrogens with zero attached hydrogens (tertiary/aromatic N) is 1. The van der Waals surface area contributed by atoms with Gasteiger partial charge < -0.3 is 4.74 Å². The lowest BCUT2D eigenvalue weighted by Gasteiger charge is -2.17. The molecule has 1 atom stereocenters. The minimum absolute atomic E-state index is 0.203. The lowest BCUT2D eigenvalue weighted by Crippen LogP contribution is -2.29. The molecule has 1 unspecified atom stereocenters. The van der Waals surface area contributed by atoms with Crippen LogP contribution in [0.4, 0.5) is 0 Å². The number of hydrazine groups is 1. The number of hydrogen-bond acceptors (Lipinski definition) is 4. The van der Waals surface area contributed by atoms with Gasteiger partial charge in [-0.1, -0.05) is 17.7 Å². The maximum absolute atomic E-state index is 6.02. The summed E-state index contributed by atoms with van der Waals surface area (Å²) in [6, 6.07) is 9.28. The smallest absolute Gasteiger partial charge is 0.137 e. The third kappa shape index (κ3) is 3.04. The van der Waals surface area contributed by atoms with E-state index in [9.17, 15) is 0 Å². The van der Waals surface area contributed by atoms with Gasteiger partial charge in [-0.15, -0.1) is 0 Å². The Morgan fingerprint density at radius 3 is 2.74 bits per heavy atom. The lowest BCUT2D eigenvalue weighted by molar-refractivity contribution is 0.414. The highest BCUT2D eigenvalue weighted by molar-refractivity contribution is 6.32. The number of ether oxygens (including phenoxy) is 1. The SMILES string of the molecule is COc1cc(C(NN)c2cc(C)ccn2)ccc1Cl. The third-order valence-corrected chi connectivity index (χ3v) is 3.22. The van der Waals surface area contributed by atoms with Crippen LogP contribution in [0.3, 0.4) is 0 Å². The number of methoxy groups -OCH3 is 1. The van der Waals surface area contributed by atoms with Gasteiger partial charge in [0.05, 0.1) is 23.9 Å². The van der Waals surface area contributed by atoms with Crippen molar-refractivity contribution < 1.29 is 4.74 Å². The highest BCUT2D eigenvalue weighted by Gasteiger charge is 2.15. The highest BCUT2D eigenvalue weighted by atomic mass is 35.5. The van der Waals surface area contributed by atoms with Crippen molar-refractivity contribution in [2.24, 2.45) is 5.84 Å². The minimum Gasteiger partial charge on any atom is -0.495 e. The lowest BCUT2D eigenvalue weighted by atomic mass is 10.0. The molecule has 5 heteroatoms. The summed E-state index contributed by atoms with van der Waals surface area (Å²) in [4.78, 5) is 4.35. The second-order valence-corrected chi connectivity index (χ2v) is 4.66. The summed E-state index contributed by atoms with van der Waals surface area (Å²) in [5.74, 6) is 6.27. The number of hydrogen-bond donors (Lipinski definition) is 2. The molecule has 1 heterocycles. The standard InChI is InChI=1S/C14H16ClN3O/c1-9-5-6-17-12(7-9)14(18-16)10-3-4-11(15)13(8-10)19-2/h3-8,14,18H,16H2,1-2H3. The Bertz CT molecular complexity index is 574. The van der Waals surface area contributed by atoms with Gasteiger partial charge in [0.1, 0.15) is 5.75 Å². The molecule has 1 aromatic carbocycles. The van der Waals surface area contributed by atoms with E-state index in [1.165, 1.54) is 0 Å². The van der Waals surface area contributed by atoms with Gasteiger partial charge in [0.25, 0.3) is 0 Å². The van der Waals surface area contributed by atoms with Crippen LogP contribution in [0.2, 0.25) is 5.02 Å². The first-order valence-corrected chi connectivity index (χ1v) is 6.25. The van der Waals surface area contributed by atoms with E-state index in [-0.39, 0.29) is 6.04 Å². The van der Waals surface area contributed by atoms with Crippen molar-refractivity contribution in [3.05, 3.63) is 58.4 Å². The van der Waals surface area contributed by atoms with Crippen molar-refractivity contribution >= 4 is 11.6 Å². The fourth-order valence-electron chi connectivity index (χ4n) is 1.93. The van der Waals surface area contributed by atoms with Crippen LogP contribution in [0, 0.1) is 6.92 Å². The number of nitrogens with two attached hydrogens (primary N) is 1. The molecule has 2 aromatic rings. The molecular formula is C14H16ClN3O. The minimum atomic E-state index is -0.203. The number of rotatable bonds is 4. The predicted molar refractivity (Wildman–Crippen MR) is 76.1 cm³/mol. The molecule has 0 radical (unpaired) electrons. The Hall–Kier alpha value is -1.62. The van der Waals surface area contributed by atoms with E-state index in [2.05, 4.69) is 10.4 Å². The summed E-state index contributed by atoms with van der Waals surface area (Å²) < 4.78 is 5.22. The molecule has 0 bridgehead atoms. The van der Waals surface area contributed by atoms with Gasteiger partial charge in [0, 0.05) is 6.20 Å². The van der Waals surface area contributed by atoms with Crippen molar-refractivity contribution in [1.29, 1.82) is 0 Å². The zero-order valence-corrected chi connectivity index (χ0v) is 11.6. The summed E-state index contributed by atoms with van der Waals surface area (Å²) in [5, 5.41) is 0.569. The molecule has 0 fully saturated rings.